The van der Waals surface area contributed by atoms with Crippen molar-refractivity contribution in [2.24, 2.45) is 0 Å². The fourth-order valence-electron chi connectivity index (χ4n) is 3.86. The van der Waals surface area contributed by atoms with E-state index in [4.69, 9.17) is 9.47 Å². The Bertz CT molecular complexity index is 1460. The molecule has 0 unspecified atom stereocenters. The first-order valence-corrected chi connectivity index (χ1v) is 13.4. The van der Waals surface area contributed by atoms with Crippen molar-refractivity contribution in [3.05, 3.63) is 120 Å². The van der Waals surface area contributed by atoms with Gasteiger partial charge in [-0.2, -0.15) is 4.31 Å². The molecular weight excluding hydrogens is 504 g/mol. The first-order valence-electron chi connectivity index (χ1n) is 11.9. The van der Waals surface area contributed by atoms with Gasteiger partial charge in [-0.3, -0.25) is 4.98 Å². The summed E-state index contributed by atoms with van der Waals surface area (Å²) in [7, 11) is -2.41. The van der Waals surface area contributed by atoms with Crippen LogP contribution in [0.3, 0.4) is 0 Å². The minimum atomic E-state index is -3.95. The molecule has 0 amide bonds. The summed E-state index contributed by atoms with van der Waals surface area (Å²) in [4.78, 5) is 15.5. The largest absolute Gasteiger partial charge is 0.493 e. The van der Waals surface area contributed by atoms with Gasteiger partial charge < -0.3 is 14.6 Å². The van der Waals surface area contributed by atoms with E-state index < -0.39 is 16.0 Å². The Morgan fingerprint density at radius 2 is 1.63 bits per heavy atom. The van der Waals surface area contributed by atoms with Crippen molar-refractivity contribution in [1.82, 2.24) is 9.29 Å². The minimum Gasteiger partial charge on any atom is -0.493 e. The first-order chi connectivity index (χ1) is 18.4. The van der Waals surface area contributed by atoms with E-state index in [0.717, 1.165) is 11.3 Å². The van der Waals surface area contributed by atoms with Gasteiger partial charge in [-0.1, -0.05) is 42.5 Å². The Morgan fingerprint density at radius 1 is 0.895 bits per heavy atom. The third-order valence-corrected chi connectivity index (χ3v) is 7.77. The van der Waals surface area contributed by atoms with Gasteiger partial charge in [-0.05, 0) is 59.7 Å². The SMILES string of the molecule is COc1cc(CN(CCc2ccccn2)S(=O)(=O)c2ccc(C(=O)O)cc2)ccc1OCc1ccccc1. The van der Waals surface area contributed by atoms with Gasteiger partial charge in [0.25, 0.3) is 0 Å². The lowest BCUT2D eigenvalue weighted by Gasteiger charge is -2.23. The molecule has 1 aromatic heterocycles. The minimum absolute atomic E-state index is 0.0123. The van der Waals surface area contributed by atoms with Crippen LogP contribution < -0.4 is 9.47 Å². The molecule has 0 radical (unpaired) electrons. The third kappa shape index (κ3) is 6.76. The van der Waals surface area contributed by atoms with E-state index in [1.165, 1.54) is 35.7 Å². The van der Waals surface area contributed by atoms with Gasteiger partial charge in [0.15, 0.2) is 11.5 Å². The number of rotatable bonds is 12. The molecule has 0 spiro atoms. The first kappa shape index (κ1) is 26.8. The highest BCUT2D eigenvalue weighted by Crippen LogP contribution is 2.30. The van der Waals surface area contributed by atoms with Crippen molar-refractivity contribution in [2.75, 3.05) is 13.7 Å². The number of aromatic carboxylic acids is 1. The summed E-state index contributed by atoms with van der Waals surface area (Å²) < 4.78 is 40.1. The molecule has 0 bridgehead atoms. The molecule has 196 valence electrons. The summed E-state index contributed by atoms with van der Waals surface area (Å²) in [5, 5.41) is 9.18. The Labute approximate surface area is 222 Å². The zero-order valence-electron chi connectivity index (χ0n) is 20.9. The maximum Gasteiger partial charge on any atom is 0.335 e. The van der Waals surface area contributed by atoms with E-state index in [1.807, 2.05) is 42.5 Å². The molecule has 4 aromatic rings. The molecule has 0 saturated heterocycles. The van der Waals surface area contributed by atoms with Crippen molar-refractivity contribution in [1.29, 1.82) is 0 Å². The fourth-order valence-corrected chi connectivity index (χ4v) is 5.29. The van der Waals surface area contributed by atoms with E-state index in [0.29, 0.717) is 30.1 Å². The van der Waals surface area contributed by atoms with Gasteiger partial charge in [-0.15, -0.1) is 0 Å². The van der Waals surface area contributed by atoms with Gasteiger partial charge in [0.2, 0.25) is 10.0 Å². The second-order valence-corrected chi connectivity index (χ2v) is 10.4. The summed E-state index contributed by atoms with van der Waals surface area (Å²) >= 11 is 0. The Kier molecular flexibility index (Phi) is 8.73. The average Bonchev–Trinajstić information content (AvgIpc) is 2.95. The number of hydrogen-bond donors (Lipinski definition) is 1. The lowest BCUT2D eigenvalue weighted by molar-refractivity contribution is 0.0696. The van der Waals surface area contributed by atoms with Crippen LogP contribution in [0.1, 0.15) is 27.2 Å². The van der Waals surface area contributed by atoms with Crippen LogP contribution in [0, 0.1) is 0 Å². The molecule has 38 heavy (non-hydrogen) atoms. The number of nitrogens with zero attached hydrogens (tertiary/aromatic N) is 2. The number of ether oxygens (including phenoxy) is 2. The number of pyridine rings is 1. The summed E-state index contributed by atoms with van der Waals surface area (Å²) in [6.07, 6.45) is 2.07. The van der Waals surface area contributed by atoms with Crippen LogP contribution in [0.4, 0.5) is 0 Å². The van der Waals surface area contributed by atoms with Crippen LogP contribution in [0.15, 0.2) is 102 Å². The monoisotopic (exact) mass is 532 g/mol. The Morgan fingerprint density at radius 3 is 2.29 bits per heavy atom. The highest BCUT2D eigenvalue weighted by Gasteiger charge is 2.25. The zero-order valence-corrected chi connectivity index (χ0v) is 21.7. The van der Waals surface area contributed by atoms with Gasteiger partial charge in [0.1, 0.15) is 6.61 Å². The number of sulfonamides is 1. The number of methoxy groups -OCH3 is 1. The van der Waals surface area contributed by atoms with Crippen molar-refractivity contribution in [3.63, 3.8) is 0 Å². The van der Waals surface area contributed by atoms with Gasteiger partial charge >= 0.3 is 5.97 Å². The highest BCUT2D eigenvalue weighted by molar-refractivity contribution is 7.89. The number of benzene rings is 3. The van der Waals surface area contributed by atoms with E-state index in [9.17, 15) is 18.3 Å². The van der Waals surface area contributed by atoms with Crippen molar-refractivity contribution < 1.29 is 27.8 Å². The summed E-state index contributed by atoms with van der Waals surface area (Å²) in [6.45, 7) is 0.618. The summed E-state index contributed by atoms with van der Waals surface area (Å²) in [5.74, 6) is -0.0822. The second-order valence-electron chi connectivity index (χ2n) is 8.50. The van der Waals surface area contributed by atoms with Crippen LogP contribution >= 0.6 is 0 Å². The van der Waals surface area contributed by atoms with Crippen LogP contribution in [-0.2, 0) is 29.6 Å². The third-order valence-electron chi connectivity index (χ3n) is 5.91. The Balaban J connectivity index is 1.58. The topological polar surface area (TPSA) is 106 Å². The summed E-state index contributed by atoms with van der Waals surface area (Å²) in [6, 6.07) is 25.8. The van der Waals surface area contributed by atoms with Crippen LogP contribution in [-0.4, -0.2) is 42.4 Å². The molecule has 3 aromatic carbocycles. The van der Waals surface area contributed by atoms with E-state index in [-0.39, 0.29) is 23.5 Å². The molecule has 1 heterocycles. The van der Waals surface area contributed by atoms with E-state index >= 15 is 0 Å². The number of hydrogen-bond acceptors (Lipinski definition) is 6. The normalized spacial score (nSPS) is 11.3. The van der Waals surface area contributed by atoms with E-state index in [1.54, 1.807) is 30.5 Å². The molecule has 0 aliphatic carbocycles. The highest BCUT2D eigenvalue weighted by atomic mass is 32.2. The maximum atomic E-state index is 13.6. The molecule has 0 fully saturated rings. The number of carbonyl (C=O) groups is 1. The molecule has 8 nitrogen and oxygen atoms in total. The molecule has 0 saturated carbocycles. The second kappa shape index (κ2) is 12.4. The van der Waals surface area contributed by atoms with Crippen LogP contribution in [0.25, 0.3) is 0 Å². The van der Waals surface area contributed by atoms with Crippen molar-refractivity contribution in [3.8, 4) is 11.5 Å². The lowest BCUT2D eigenvalue weighted by atomic mass is 10.2. The molecule has 0 aliphatic heterocycles. The van der Waals surface area contributed by atoms with E-state index in [2.05, 4.69) is 4.98 Å². The molecule has 4 rings (SSSR count). The number of carboxylic acids is 1. The maximum absolute atomic E-state index is 13.6. The fraction of sp³-hybridized carbons (Fsp3) is 0.172. The molecule has 0 aliphatic rings. The van der Waals surface area contributed by atoms with Crippen molar-refractivity contribution in [2.45, 2.75) is 24.5 Å². The lowest BCUT2D eigenvalue weighted by Crippen LogP contribution is -2.32. The van der Waals surface area contributed by atoms with Gasteiger partial charge in [0, 0.05) is 31.4 Å². The van der Waals surface area contributed by atoms with Crippen LogP contribution in [0.5, 0.6) is 11.5 Å². The van der Waals surface area contributed by atoms with Crippen molar-refractivity contribution >= 4 is 16.0 Å². The van der Waals surface area contributed by atoms with Gasteiger partial charge in [0.05, 0.1) is 17.6 Å². The number of carboxylic acid groups (broad SMARTS) is 1. The van der Waals surface area contributed by atoms with Crippen LogP contribution in [0.2, 0.25) is 0 Å². The Hall–Kier alpha value is -4.21. The smallest absolute Gasteiger partial charge is 0.335 e. The quantitative estimate of drug-likeness (QED) is 0.279. The van der Waals surface area contributed by atoms with Gasteiger partial charge in [-0.25, -0.2) is 13.2 Å². The zero-order chi connectivity index (χ0) is 27.0. The number of aromatic nitrogens is 1. The molecular formula is C29H28N2O6S. The standard InChI is InChI=1S/C29H28N2O6S/c1-36-28-19-23(10-15-27(28)37-21-22-7-3-2-4-8-22)20-31(18-16-25-9-5-6-17-30-25)38(34,35)26-13-11-24(12-14-26)29(32)33/h2-15,17,19H,16,18,20-21H2,1H3,(H,32,33). The predicted molar refractivity (Wildman–Crippen MR) is 143 cm³/mol. The molecule has 0 atom stereocenters. The summed E-state index contributed by atoms with van der Waals surface area (Å²) in [5.41, 5.74) is 2.50. The average molecular weight is 533 g/mol. The molecule has 9 heteroatoms. The predicted octanol–water partition coefficient (Wildman–Crippen LogP) is 4.80. The molecule has 1 N–H and O–H groups in total.